The van der Waals surface area contributed by atoms with E-state index in [-0.39, 0.29) is 0 Å². The van der Waals surface area contributed by atoms with Crippen molar-refractivity contribution >= 4 is 0 Å². The van der Waals surface area contributed by atoms with Crippen LogP contribution in [-0.2, 0) is 0 Å². The van der Waals surface area contributed by atoms with Crippen molar-refractivity contribution in [3.8, 4) is 0 Å². The van der Waals surface area contributed by atoms with Gasteiger partial charge < -0.3 is 0 Å². The van der Waals surface area contributed by atoms with Crippen LogP contribution in [0.3, 0.4) is 0 Å². The van der Waals surface area contributed by atoms with E-state index >= 15 is 0 Å². The van der Waals surface area contributed by atoms with Gasteiger partial charge in [0.25, 0.3) is 0 Å². The van der Waals surface area contributed by atoms with Crippen LogP contribution in [0.15, 0.2) is 60.7 Å². The predicted octanol–water partition coefficient (Wildman–Crippen LogP) is 8.49. The van der Waals surface area contributed by atoms with Gasteiger partial charge in [0.15, 0.2) is 0 Å². The smallest absolute Gasteiger partial charge is 0.0162 e. The largest absolute Gasteiger partial charge is 0.0654 e. The summed E-state index contributed by atoms with van der Waals surface area (Å²) >= 11 is 0. The van der Waals surface area contributed by atoms with Gasteiger partial charge in [-0.1, -0.05) is 113 Å². The Morgan fingerprint density at radius 2 is 1.00 bits per heavy atom. The molecule has 2 unspecified atom stereocenters. The molecule has 0 fully saturated rings. The van der Waals surface area contributed by atoms with E-state index < -0.39 is 0 Å². The summed E-state index contributed by atoms with van der Waals surface area (Å²) in [7, 11) is 0. The Bertz CT molecular complexity index is 557. The lowest BCUT2D eigenvalue weighted by molar-refractivity contribution is 0.484. The molecule has 0 N–H and O–H groups in total. The Hall–Kier alpha value is -1.56. The van der Waals surface area contributed by atoms with Crippen molar-refractivity contribution in [3.05, 3.63) is 71.8 Å². The highest BCUT2D eigenvalue weighted by molar-refractivity contribution is 5.20. The zero-order chi connectivity index (χ0) is 18.5. The number of unbranched alkanes of at least 4 members (excludes halogenated alkanes) is 4. The van der Waals surface area contributed by atoms with Crippen molar-refractivity contribution in [2.45, 2.75) is 89.9 Å². The molecule has 0 saturated carbocycles. The first-order valence-corrected chi connectivity index (χ1v) is 10.9. The molecule has 142 valence electrons. The highest BCUT2D eigenvalue weighted by Gasteiger charge is 2.12. The topological polar surface area (TPSA) is 0 Å². The highest BCUT2D eigenvalue weighted by atomic mass is 14.2. The van der Waals surface area contributed by atoms with E-state index in [9.17, 15) is 0 Å². The van der Waals surface area contributed by atoms with Crippen LogP contribution in [0.25, 0.3) is 0 Å². The van der Waals surface area contributed by atoms with Crippen molar-refractivity contribution in [2.24, 2.45) is 0 Å². The summed E-state index contributed by atoms with van der Waals surface area (Å²) in [5.41, 5.74) is 3.08. The van der Waals surface area contributed by atoms with E-state index in [1.807, 2.05) is 0 Å². The minimum atomic E-state index is 0.741. The molecule has 2 rings (SSSR count). The summed E-state index contributed by atoms with van der Waals surface area (Å²) < 4.78 is 0. The second-order valence-corrected chi connectivity index (χ2v) is 7.76. The zero-order valence-corrected chi connectivity index (χ0v) is 17.0. The fraction of sp³-hybridized carbons (Fsp3) is 0.538. The van der Waals surface area contributed by atoms with Crippen LogP contribution in [0, 0.1) is 0 Å². The minimum absolute atomic E-state index is 0.741. The number of benzene rings is 2. The third kappa shape index (κ3) is 7.36. The SMILES string of the molecule is CCCCCC(CCCCCC(CC)c1ccccc1)c1ccccc1. The molecule has 2 atom stereocenters. The molecule has 0 spiro atoms. The molecule has 0 aliphatic heterocycles. The molecule has 0 heteroatoms. The molecule has 2 aromatic carbocycles. The van der Waals surface area contributed by atoms with Gasteiger partial charge >= 0.3 is 0 Å². The van der Waals surface area contributed by atoms with E-state index in [2.05, 4.69) is 74.5 Å². The van der Waals surface area contributed by atoms with Gasteiger partial charge in [-0.05, 0) is 48.6 Å². The van der Waals surface area contributed by atoms with Gasteiger partial charge in [0, 0.05) is 0 Å². The normalized spacial score (nSPS) is 13.5. The molecule has 0 aliphatic rings. The van der Waals surface area contributed by atoms with Gasteiger partial charge in [-0.3, -0.25) is 0 Å². The highest BCUT2D eigenvalue weighted by Crippen LogP contribution is 2.30. The average Bonchev–Trinajstić information content (AvgIpc) is 2.71. The Morgan fingerprint density at radius 3 is 1.50 bits per heavy atom. The van der Waals surface area contributed by atoms with Crippen molar-refractivity contribution in [1.29, 1.82) is 0 Å². The van der Waals surface area contributed by atoms with Gasteiger partial charge in [0.1, 0.15) is 0 Å². The lowest BCUT2D eigenvalue weighted by Crippen LogP contribution is -2.00. The second-order valence-electron chi connectivity index (χ2n) is 7.76. The average molecular weight is 351 g/mol. The molecule has 0 radical (unpaired) electrons. The fourth-order valence-corrected chi connectivity index (χ4v) is 4.13. The maximum atomic E-state index is 2.33. The first-order chi connectivity index (χ1) is 12.8. The summed E-state index contributed by atoms with van der Waals surface area (Å²) in [4.78, 5) is 0. The molecule has 0 bridgehead atoms. The van der Waals surface area contributed by atoms with E-state index in [4.69, 9.17) is 0 Å². The third-order valence-corrected chi connectivity index (χ3v) is 5.80. The molecule has 2 aromatic rings. The summed E-state index contributed by atoms with van der Waals surface area (Å²) in [6.07, 6.45) is 13.5. The van der Waals surface area contributed by atoms with Gasteiger partial charge in [-0.2, -0.15) is 0 Å². The van der Waals surface area contributed by atoms with Crippen LogP contribution in [0.5, 0.6) is 0 Å². The minimum Gasteiger partial charge on any atom is -0.0654 e. The maximum Gasteiger partial charge on any atom is -0.0162 e. The fourth-order valence-electron chi connectivity index (χ4n) is 4.13. The quantitative estimate of drug-likeness (QED) is 0.318. The molecule has 0 amide bonds. The summed E-state index contributed by atoms with van der Waals surface area (Å²) in [6.45, 7) is 4.63. The van der Waals surface area contributed by atoms with Crippen molar-refractivity contribution in [1.82, 2.24) is 0 Å². The molecular formula is C26H38. The number of hydrogen-bond donors (Lipinski definition) is 0. The Balaban J connectivity index is 1.74. The standard InChI is InChI=1S/C26H38/c1-3-5-9-17-25(26-21-14-8-15-22-26)20-13-6-10-16-23(4-2)24-18-11-7-12-19-24/h7-8,11-12,14-15,18-19,21-23,25H,3-6,9-10,13,16-17,20H2,1-2H3. The van der Waals surface area contributed by atoms with Gasteiger partial charge in [-0.15, -0.1) is 0 Å². The summed E-state index contributed by atoms with van der Waals surface area (Å²) in [5, 5.41) is 0. The van der Waals surface area contributed by atoms with Crippen molar-refractivity contribution in [2.75, 3.05) is 0 Å². The molecule has 0 nitrogen and oxygen atoms in total. The molecule has 0 saturated heterocycles. The molecule has 0 aromatic heterocycles. The van der Waals surface area contributed by atoms with Crippen molar-refractivity contribution < 1.29 is 0 Å². The molecule has 0 heterocycles. The van der Waals surface area contributed by atoms with Crippen LogP contribution in [0.4, 0.5) is 0 Å². The predicted molar refractivity (Wildman–Crippen MR) is 116 cm³/mol. The Morgan fingerprint density at radius 1 is 0.538 bits per heavy atom. The zero-order valence-electron chi connectivity index (χ0n) is 17.0. The Labute approximate surface area is 162 Å². The van der Waals surface area contributed by atoms with Crippen LogP contribution in [-0.4, -0.2) is 0 Å². The second kappa shape index (κ2) is 12.7. The summed E-state index contributed by atoms with van der Waals surface area (Å²) in [5.74, 6) is 1.50. The van der Waals surface area contributed by atoms with E-state index in [1.165, 1.54) is 69.8 Å². The first kappa shape index (κ1) is 20.7. The van der Waals surface area contributed by atoms with Gasteiger partial charge in [0.05, 0.1) is 0 Å². The third-order valence-electron chi connectivity index (χ3n) is 5.80. The molecular weight excluding hydrogens is 312 g/mol. The monoisotopic (exact) mass is 350 g/mol. The lowest BCUT2D eigenvalue weighted by atomic mass is 9.87. The van der Waals surface area contributed by atoms with E-state index in [0.717, 1.165) is 11.8 Å². The Kier molecular flexibility index (Phi) is 10.2. The molecule has 0 aliphatic carbocycles. The number of hydrogen-bond acceptors (Lipinski definition) is 0. The van der Waals surface area contributed by atoms with Gasteiger partial charge in [-0.25, -0.2) is 0 Å². The van der Waals surface area contributed by atoms with Crippen molar-refractivity contribution in [3.63, 3.8) is 0 Å². The van der Waals surface area contributed by atoms with E-state index in [1.54, 1.807) is 5.56 Å². The van der Waals surface area contributed by atoms with Crippen LogP contribution < -0.4 is 0 Å². The molecule has 26 heavy (non-hydrogen) atoms. The number of rotatable bonds is 13. The lowest BCUT2D eigenvalue weighted by Gasteiger charge is -2.18. The van der Waals surface area contributed by atoms with Crippen LogP contribution >= 0.6 is 0 Å². The maximum absolute atomic E-state index is 2.33. The van der Waals surface area contributed by atoms with Crippen LogP contribution in [0.2, 0.25) is 0 Å². The van der Waals surface area contributed by atoms with E-state index in [0.29, 0.717) is 0 Å². The first-order valence-electron chi connectivity index (χ1n) is 10.9. The summed E-state index contributed by atoms with van der Waals surface area (Å²) in [6, 6.07) is 22.3. The van der Waals surface area contributed by atoms with Gasteiger partial charge in [0.2, 0.25) is 0 Å². The van der Waals surface area contributed by atoms with Crippen LogP contribution in [0.1, 0.15) is 101 Å².